The lowest BCUT2D eigenvalue weighted by Crippen LogP contribution is -2.20. The van der Waals surface area contributed by atoms with E-state index in [9.17, 15) is 4.79 Å². The van der Waals surface area contributed by atoms with Crippen molar-refractivity contribution in [3.05, 3.63) is 95.6 Å². The minimum Gasteiger partial charge on any atom is -0.489 e. The lowest BCUT2D eigenvalue weighted by molar-refractivity contribution is -0.119. The number of nitrogens with one attached hydrogen (secondary N) is 1. The van der Waals surface area contributed by atoms with Crippen molar-refractivity contribution < 1.29 is 14.3 Å². The molecule has 5 nitrogen and oxygen atoms in total. The maximum atomic E-state index is 11.5. The second-order valence-corrected chi connectivity index (χ2v) is 7.00. The Kier molecular flexibility index (Phi) is 7.22. The van der Waals surface area contributed by atoms with Gasteiger partial charge in [-0.3, -0.25) is 4.79 Å². The Balaban J connectivity index is 1.50. The van der Waals surface area contributed by atoms with E-state index in [1.165, 1.54) is 0 Å². The number of hydrogen-bond acceptors (Lipinski definition) is 4. The van der Waals surface area contributed by atoms with E-state index in [0.29, 0.717) is 24.5 Å². The Morgan fingerprint density at radius 2 is 1.50 bits per heavy atom. The average Bonchev–Trinajstić information content (AvgIpc) is 2.78. The molecule has 1 amide bonds. The summed E-state index contributed by atoms with van der Waals surface area (Å²) in [7, 11) is 0. The largest absolute Gasteiger partial charge is 0.489 e. The number of carbonyl (C=O) groups is 1. The molecule has 0 spiro atoms. The molecule has 0 heterocycles. The third-order valence-electron chi connectivity index (χ3n) is 4.87. The molecule has 1 unspecified atom stereocenters. The Morgan fingerprint density at radius 3 is 2.10 bits per heavy atom. The third kappa shape index (κ3) is 5.70. The number of rotatable bonds is 10. The van der Waals surface area contributed by atoms with Crippen molar-refractivity contribution >= 4 is 11.6 Å². The van der Waals surface area contributed by atoms with E-state index >= 15 is 0 Å². The molecular formula is C25H26N2O3. The van der Waals surface area contributed by atoms with Crippen LogP contribution in [0.15, 0.2) is 78.9 Å². The normalized spacial score (nSPS) is 11.5. The van der Waals surface area contributed by atoms with Gasteiger partial charge >= 0.3 is 0 Å². The molecule has 3 N–H and O–H groups in total. The van der Waals surface area contributed by atoms with Crippen LogP contribution in [0.1, 0.15) is 36.0 Å². The average molecular weight is 402 g/mol. The van der Waals surface area contributed by atoms with Crippen LogP contribution in [-0.4, -0.2) is 18.2 Å². The van der Waals surface area contributed by atoms with Crippen LogP contribution in [0.2, 0.25) is 0 Å². The van der Waals surface area contributed by atoms with Gasteiger partial charge in [0.1, 0.15) is 24.7 Å². The molecule has 0 fully saturated rings. The summed E-state index contributed by atoms with van der Waals surface area (Å²) < 4.78 is 11.5. The molecule has 0 radical (unpaired) electrons. The van der Waals surface area contributed by atoms with Crippen molar-refractivity contribution in [2.75, 3.05) is 6.61 Å². The van der Waals surface area contributed by atoms with E-state index in [2.05, 4.69) is 0 Å². The van der Waals surface area contributed by atoms with Crippen molar-refractivity contribution in [1.82, 2.24) is 0 Å². The topological polar surface area (TPSA) is 85.4 Å². The van der Waals surface area contributed by atoms with Gasteiger partial charge < -0.3 is 20.6 Å². The standard InChI is InChI=1S/C25H26N2O3/c1-2-23(25(27)28)19-10-14-22(15-11-19)29-16-18-8-12-21(13-9-18)30-17-24(26)20-6-4-3-5-7-20/h3-15,23,26H,2,16-17H2,1H3,(H2,27,28). The zero-order valence-corrected chi connectivity index (χ0v) is 17.0. The Hall–Kier alpha value is -3.60. The van der Waals surface area contributed by atoms with Gasteiger partial charge in [0.25, 0.3) is 0 Å². The first-order valence-electron chi connectivity index (χ1n) is 9.93. The van der Waals surface area contributed by atoms with Gasteiger partial charge in [0, 0.05) is 0 Å². The van der Waals surface area contributed by atoms with Gasteiger partial charge in [-0.15, -0.1) is 0 Å². The van der Waals surface area contributed by atoms with Crippen LogP contribution < -0.4 is 15.2 Å². The first-order valence-corrected chi connectivity index (χ1v) is 9.93. The summed E-state index contributed by atoms with van der Waals surface area (Å²) in [6.45, 7) is 2.58. The minimum atomic E-state index is -0.313. The monoisotopic (exact) mass is 402 g/mol. The molecule has 0 bridgehead atoms. The highest BCUT2D eigenvalue weighted by Gasteiger charge is 2.15. The van der Waals surface area contributed by atoms with Gasteiger partial charge in [0.2, 0.25) is 5.91 Å². The lowest BCUT2D eigenvalue weighted by atomic mass is 9.96. The van der Waals surface area contributed by atoms with Gasteiger partial charge in [-0.25, -0.2) is 0 Å². The van der Waals surface area contributed by atoms with E-state index in [-0.39, 0.29) is 18.4 Å². The Labute approximate surface area is 177 Å². The summed E-state index contributed by atoms with van der Waals surface area (Å²) in [6.07, 6.45) is 0.675. The summed E-state index contributed by atoms with van der Waals surface area (Å²) in [5, 5.41) is 8.09. The summed E-state index contributed by atoms with van der Waals surface area (Å²) in [4.78, 5) is 11.5. The van der Waals surface area contributed by atoms with Gasteiger partial charge in [-0.1, -0.05) is 61.5 Å². The van der Waals surface area contributed by atoms with Crippen LogP contribution >= 0.6 is 0 Å². The summed E-state index contributed by atoms with van der Waals surface area (Å²) >= 11 is 0. The van der Waals surface area contributed by atoms with Crippen molar-refractivity contribution in [3.8, 4) is 11.5 Å². The highest BCUT2D eigenvalue weighted by molar-refractivity contribution is 5.99. The summed E-state index contributed by atoms with van der Waals surface area (Å²) in [5.41, 5.74) is 8.64. The van der Waals surface area contributed by atoms with Gasteiger partial charge in [-0.2, -0.15) is 0 Å². The second-order valence-electron chi connectivity index (χ2n) is 7.00. The van der Waals surface area contributed by atoms with Crippen LogP contribution in [0, 0.1) is 5.41 Å². The number of benzene rings is 3. The Bertz CT molecular complexity index is 968. The number of carbonyl (C=O) groups excluding carboxylic acids is 1. The first-order chi connectivity index (χ1) is 14.6. The molecule has 5 heteroatoms. The van der Waals surface area contributed by atoms with Crippen LogP contribution in [0.3, 0.4) is 0 Å². The van der Waals surface area contributed by atoms with Gasteiger partial charge in [0.05, 0.1) is 11.6 Å². The van der Waals surface area contributed by atoms with E-state index in [4.69, 9.17) is 20.6 Å². The summed E-state index contributed by atoms with van der Waals surface area (Å²) in [6, 6.07) is 24.6. The maximum absolute atomic E-state index is 11.5. The molecular weight excluding hydrogens is 376 g/mol. The molecule has 154 valence electrons. The van der Waals surface area contributed by atoms with Gasteiger partial charge in [0.15, 0.2) is 0 Å². The SMILES string of the molecule is CCC(C(N)=O)c1ccc(OCc2ccc(OCC(=N)c3ccccc3)cc2)cc1. The quantitative estimate of drug-likeness (QED) is 0.482. The smallest absolute Gasteiger partial charge is 0.224 e. The predicted molar refractivity (Wildman–Crippen MR) is 118 cm³/mol. The highest BCUT2D eigenvalue weighted by atomic mass is 16.5. The molecule has 0 aromatic heterocycles. The first kappa shape index (κ1) is 21.1. The maximum Gasteiger partial charge on any atom is 0.224 e. The molecule has 0 aliphatic carbocycles. The van der Waals surface area contributed by atoms with E-state index in [1.807, 2.05) is 85.8 Å². The molecule has 3 aromatic carbocycles. The Morgan fingerprint density at radius 1 is 0.900 bits per heavy atom. The number of hydrogen-bond donors (Lipinski definition) is 2. The number of nitrogens with two attached hydrogens (primary N) is 1. The van der Waals surface area contributed by atoms with E-state index in [1.54, 1.807) is 0 Å². The molecule has 0 aliphatic rings. The third-order valence-corrected chi connectivity index (χ3v) is 4.87. The fourth-order valence-corrected chi connectivity index (χ4v) is 3.12. The number of ether oxygens (including phenoxy) is 2. The summed E-state index contributed by atoms with van der Waals surface area (Å²) in [5.74, 6) is 0.859. The molecule has 1 atom stereocenters. The predicted octanol–water partition coefficient (Wildman–Crippen LogP) is 4.69. The minimum absolute atomic E-state index is 0.219. The number of primary amides is 1. The van der Waals surface area contributed by atoms with Crippen LogP contribution in [-0.2, 0) is 11.4 Å². The molecule has 0 aliphatic heterocycles. The lowest BCUT2D eigenvalue weighted by Gasteiger charge is -2.12. The van der Waals surface area contributed by atoms with E-state index < -0.39 is 0 Å². The zero-order chi connectivity index (χ0) is 21.3. The van der Waals surface area contributed by atoms with Crippen LogP contribution in [0.4, 0.5) is 0 Å². The molecule has 0 saturated heterocycles. The molecule has 3 aromatic rings. The zero-order valence-electron chi connectivity index (χ0n) is 17.0. The van der Waals surface area contributed by atoms with Crippen molar-refractivity contribution in [1.29, 1.82) is 5.41 Å². The molecule has 0 saturated carbocycles. The number of amides is 1. The fourth-order valence-electron chi connectivity index (χ4n) is 3.12. The van der Waals surface area contributed by atoms with Crippen molar-refractivity contribution in [2.45, 2.75) is 25.9 Å². The fraction of sp³-hybridized carbons (Fsp3) is 0.200. The second kappa shape index (κ2) is 10.3. The van der Waals surface area contributed by atoms with Gasteiger partial charge in [-0.05, 0) is 47.4 Å². The van der Waals surface area contributed by atoms with Crippen LogP contribution in [0.25, 0.3) is 0 Å². The molecule has 30 heavy (non-hydrogen) atoms. The van der Waals surface area contributed by atoms with Crippen molar-refractivity contribution in [2.24, 2.45) is 5.73 Å². The van der Waals surface area contributed by atoms with E-state index in [0.717, 1.165) is 22.4 Å². The highest BCUT2D eigenvalue weighted by Crippen LogP contribution is 2.23. The van der Waals surface area contributed by atoms with Crippen molar-refractivity contribution in [3.63, 3.8) is 0 Å². The molecule has 3 rings (SSSR count). The van der Waals surface area contributed by atoms with Crippen LogP contribution in [0.5, 0.6) is 11.5 Å².